The molecule has 0 spiro atoms. The number of aryl methyl sites for hydroxylation is 1. The minimum absolute atomic E-state index is 0.124. The molecule has 0 aromatic heterocycles. The van der Waals surface area contributed by atoms with E-state index in [1.165, 1.54) is 12.0 Å². The van der Waals surface area contributed by atoms with Crippen molar-refractivity contribution in [2.75, 3.05) is 18.4 Å². The van der Waals surface area contributed by atoms with Gasteiger partial charge in [0, 0.05) is 25.0 Å². The summed E-state index contributed by atoms with van der Waals surface area (Å²) in [5.74, 6) is -0.365. The first-order valence-electron chi connectivity index (χ1n) is 7.90. The fraction of sp³-hybridized carbons (Fsp3) is 0.444. The molecular weight excluding hydrogens is 274 g/mol. The molecule has 1 aromatic rings. The average Bonchev–Trinajstić information content (AvgIpc) is 2.55. The summed E-state index contributed by atoms with van der Waals surface area (Å²) in [5.41, 5.74) is 2.10. The normalized spacial score (nSPS) is 10.9. The number of rotatable bonds is 8. The van der Waals surface area contributed by atoms with Crippen molar-refractivity contribution in [3.05, 3.63) is 41.6 Å². The highest BCUT2D eigenvalue weighted by Gasteiger charge is 2.10. The van der Waals surface area contributed by atoms with Gasteiger partial charge in [-0.2, -0.15) is 5.26 Å². The molecule has 118 valence electrons. The Bertz CT molecular complexity index is 536. The number of carbonyl (C=O) groups is 1. The minimum Gasteiger partial charge on any atom is -0.377 e. The van der Waals surface area contributed by atoms with Crippen molar-refractivity contribution in [3.8, 4) is 6.07 Å². The van der Waals surface area contributed by atoms with E-state index in [-0.39, 0.29) is 11.5 Å². The van der Waals surface area contributed by atoms with Gasteiger partial charge in [-0.25, -0.2) is 0 Å². The lowest BCUT2D eigenvalue weighted by molar-refractivity contribution is -0.112. The summed E-state index contributed by atoms with van der Waals surface area (Å²) in [6, 6.07) is 9.77. The smallest absolute Gasteiger partial charge is 0.267 e. The van der Waals surface area contributed by atoms with Crippen LogP contribution in [0.3, 0.4) is 0 Å². The standard InChI is InChI=1S/C18H25N3O/c1-4-7-8-15-9-11-17(12-10-15)20-18(22)16(13-19)14-21(5-2)6-3/h9-12,14H,4-8H2,1-3H3,(H,20,22)/b16-14-. The molecule has 22 heavy (non-hydrogen) atoms. The molecule has 0 saturated heterocycles. The maximum Gasteiger partial charge on any atom is 0.267 e. The van der Waals surface area contributed by atoms with Crippen LogP contribution in [0.5, 0.6) is 0 Å². The second kappa shape index (κ2) is 9.62. The number of hydrogen-bond donors (Lipinski definition) is 1. The number of unbranched alkanes of at least 4 members (excludes halogenated alkanes) is 1. The van der Waals surface area contributed by atoms with E-state index in [0.29, 0.717) is 5.69 Å². The van der Waals surface area contributed by atoms with Gasteiger partial charge in [-0.3, -0.25) is 4.79 Å². The summed E-state index contributed by atoms with van der Waals surface area (Å²) < 4.78 is 0. The van der Waals surface area contributed by atoms with Crippen LogP contribution in [0.1, 0.15) is 39.2 Å². The van der Waals surface area contributed by atoms with Crippen molar-refractivity contribution in [1.29, 1.82) is 5.26 Å². The molecule has 0 radical (unpaired) electrons. The van der Waals surface area contributed by atoms with Crippen LogP contribution in [-0.2, 0) is 11.2 Å². The maximum atomic E-state index is 12.1. The van der Waals surface area contributed by atoms with Gasteiger partial charge in [-0.1, -0.05) is 25.5 Å². The van der Waals surface area contributed by atoms with Crippen LogP contribution in [0.25, 0.3) is 0 Å². The predicted molar refractivity (Wildman–Crippen MR) is 90.3 cm³/mol. The van der Waals surface area contributed by atoms with E-state index in [4.69, 9.17) is 5.26 Å². The third-order valence-corrected chi connectivity index (χ3v) is 3.52. The Hall–Kier alpha value is -2.28. The third kappa shape index (κ3) is 5.61. The molecule has 0 heterocycles. The Labute approximate surface area is 133 Å². The Kier molecular flexibility index (Phi) is 7.77. The molecule has 0 aliphatic heterocycles. The molecule has 0 aliphatic carbocycles. The highest BCUT2D eigenvalue weighted by atomic mass is 16.1. The molecule has 1 amide bonds. The predicted octanol–water partition coefficient (Wildman–Crippen LogP) is 3.72. The van der Waals surface area contributed by atoms with Crippen molar-refractivity contribution < 1.29 is 4.79 Å². The fourth-order valence-corrected chi connectivity index (χ4v) is 2.06. The summed E-state index contributed by atoms with van der Waals surface area (Å²) in [4.78, 5) is 14.1. The highest BCUT2D eigenvalue weighted by molar-refractivity contribution is 6.06. The summed E-state index contributed by atoms with van der Waals surface area (Å²) in [6.07, 6.45) is 5.00. The van der Waals surface area contributed by atoms with Gasteiger partial charge in [-0.15, -0.1) is 0 Å². The second-order valence-corrected chi connectivity index (χ2v) is 5.13. The second-order valence-electron chi connectivity index (χ2n) is 5.13. The maximum absolute atomic E-state index is 12.1. The van der Waals surface area contributed by atoms with Crippen molar-refractivity contribution in [2.24, 2.45) is 0 Å². The largest absolute Gasteiger partial charge is 0.377 e. The highest BCUT2D eigenvalue weighted by Crippen LogP contribution is 2.13. The average molecular weight is 299 g/mol. The zero-order chi connectivity index (χ0) is 16.4. The van der Waals surface area contributed by atoms with Crippen molar-refractivity contribution >= 4 is 11.6 Å². The first kappa shape index (κ1) is 17.8. The van der Waals surface area contributed by atoms with E-state index in [2.05, 4.69) is 12.2 Å². The Morgan fingerprint density at radius 2 is 1.86 bits per heavy atom. The van der Waals surface area contributed by atoms with E-state index in [0.717, 1.165) is 25.9 Å². The van der Waals surface area contributed by atoms with Crippen LogP contribution in [-0.4, -0.2) is 23.9 Å². The van der Waals surface area contributed by atoms with Crippen molar-refractivity contribution in [3.63, 3.8) is 0 Å². The van der Waals surface area contributed by atoms with Crippen LogP contribution < -0.4 is 5.32 Å². The summed E-state index contributed by atoms with van der Waals surface area (Å²) in [7, 11) is 0. The van der Waals surface area contributed by atoms with Gasteiger partial charge in [0.05, 0.1) is 0 Å². The Morgan fingerprint density at radius 1 is 1.23 bits per heavy atom. The molecule has 1 rings (SSSR count). The molecular formula is C18H25N3O. The van der Waals surface area contributed by atoms with Gasteiger partial charge < -0.3 is 10.2 Å². The van der Waals surface area contributed by atoms with E-state index in [1.54, 1.807) is 6.20 Å². The van der Waals surface area contributed by atoms with E-state index in [1.807, 2.05) is 49.1 Å². The summed E-state index contributed by atoms with van der Waals surface area (Å²) in [5, 5.41) is 11.9. The van der Waals surface area contributed by atoms with Crippen LogP contribution in [0.4, 0.5) is 5.69 Å². The van der Waals surface area contributed by atoms with Gasteiger partial charge in [0.2, 0.25) is 0 Å². The molecule has 4 nitrogen and oxygen atoms in total. The number of hydrogen-bond acceptors (Lipinski definition) is 3. The lowest BCUT2D eigenvalue weighted by Gasteiger charge is -2.15. The molecule has 0 saturated carbocycles. The molecule has 0 atom stereocenters. The quantitative estimate of drug-likeness (QED) is 0.588. The Balaban J connectivity index is 2.72. The number of nitrogens with one attached hydrogen (secondary N) is 1. The first-order chi connectivity index (χ1) is 10.6. The van der Waals surface area contributed by atoms with Crippen LogP contribution >= 0.6 is 0 Å². The molecule has 0 aliphatic rings. The number of anilines is 1. The summed E-state index contributed by atoms with van der Waals surface area (Å²) >= 11 is 0. The molecule has 0 bridgehead atoms. The van der Waals surface area contributed by atoms with Crippen molar-refractivity contribution in [2.45, 2.75) is 40.0 Å². The minimum atomic E-state index is -0.365. The molecule has 4 heteroatoms. The van der Waals surface area contributed by atoms with Crippen LogP contribution in [0.2, 0.25) is 0 Å². The number of carbonyl (C=O) groups excluding carboxylic acids is 1. The Morgan fingerprint density at radius 3 is 2.36 bits per heavy atom. The van der Waals surface area contributed by atoms with Gasteiger partial charge in [-0.05, 0) is 44.4 Å². The summed E-state index contributed by atoms with van der Waals surface area (Å²) in [6.45, 7) is 7.67. The SMILES string of the molecule is CCCCc1ccc(NC(=O)/C(C#N)=C\N(CC)CC)cc1. The van der Waals surface area contributed by atoms with Gasteiger partial charge in [0.25, 0.3) is 5.91 Å². The number of nitriles is 1. The monoisotopic (exact) mass is 299 g/mol. The number of benzene rings is 1. The fourth-order valence-electron chi connectivity index (χ4n) is 2.06. The third-order valence-electron chi connectivity index (χ3n) is 3.52. The van der Waals surface area contributed by atoms with Gasteiger partial charge in [0.15, 0.2) is 0 Å². The molecule has 0 unspecified atom stereocenters. The van der Waals surface area contributed by atoms with E-state index >= 15 is 0 Å². The topological polar surface area (TPSA) is 56.1 Å². The lowest BCUT2D eigenvalue weighted by Crippen LogP contribution is -2.20. The number of amides is 1. The van der Waals surface area contributed by atoms with Gasteiger partial charge >= 0.3 is 0 Å². The molecule has 1 aromatic carbocycles. The van der Waals surface area contributed by atoms with E-state index < -0.39 is 0 Å². The van der Waals surface area contributed by atoms with Crippen LogP contribution in [0, 0.1) is 11.3 Å². The lowest BCUT2D eigenvalue weighted by atomic mass is 10.1. The van der Waals surface area contributed by atoms with Crippen molar-refractivity contribution in [1.82, 2.24) is 4.90 Å². The molecule has 1 N–H and O–H groups in total. The molecule has 0 fully saturated rings. The zero-order valence-corrected chi connectivity index (χ0v) is 13.7. The first-order valence-corrected chi connectivity index (χ1v) is 7.90. The number of nitrogens with zero attached hydrogens (tertiary/aromatic N) is 2. The zero-order valence-electron chi connectivity index (χ0n) is 13.7. The van der Waals surface area contributed by atoms with Gasteiger partial charge in [0.1, 0.15) is 11.6 Å². The van der Waals surface area contributed by atoms with Crippen LogP contribution in [0.15, 0.2) is 36.0 Å². The van der Waals surface area contributed by atoms with E-state index in [9.17, 15) is 4.79 Å².